The van der Waals surface area contributed by atoms with Crippen LogP contribution < -0.4 is 5.32 Å². The largest absolute Gasteiger partial charge is 0.441 e. The Bertz CT molecular complexity index is 331. The van der Waals surface area contributed by atoms with Crippen molar-refractivity contribution in [2.24, 2.45) is 0 Å². The molecule has 0 aromatic rings. The third kappa shape index (κ3) is 3.88. The molecule has 0 aromatic heterocycles. The number of carbonyl (C=O) groups is 2. The second-order valence-corrected chi connectivity index (χ2v) is 5.28. The Balaban J connectivity index is 2.56. The van der Waals surface area contributed by atoms with Crippen molar-refractivity contribution in [3.05, 3.63) is 0 Å². The fourth-order valence-corrected chi connectivity index (χ4v) is 1.90. The highest BCUT2D eigenvalue weighted by Gasteiger charge is 2.40. The lowest BCUT2D eigenvalue weighted by Crippen LogP contribution is -2.64. The maximum absolute atomic E-state index is 11.9. The molecule has 0 aliphatic carbocycles. The van der Waals surface area contributed by atoms with Gasteiger partial charge in [-0.25, -0.2) is 0 Å². The van der Waals surface area contributed by atoms with Crippen molar-refractivity contribution in [2.75, 3.05) is 18.8 Å². The van der Waals surface area contributed by atoms with E-state index >= 15 is 0 Å². The van der Waals surface area contributed by atoms with Gasteiger partial charge in [0, 0.05) is 12.3 Å². The molecule has 1 heterocycles. The molecule has 2 amide bonds. The molecule has 0 spiro atoms. The fourth-order valence-electron chi connectivity index (χ4n) is 1.40. The molecule has 1 aliphatic rings. The number of nitrogens with zero attached hydrogens (tertiary/aromatic N) is 1. The summed E-state index contributed by atoms with van der Waals surface area (Å²) in [7, 11) is 0. The van der Waals surface area contributed by atoms with E-state index in [1.807, 2.05) is 0 Å². The highest BCUT2D eigenvalue weighted by atomic mass is 32.2. The van der Waals surface area contributed by atoms with Crippen molar-refractivity contribution in [2.45, 2.75) is 24.9 Å². The van der Waals surface area contributed by atoms with E-state index in [1.54, 1.807) is 13.8 Å². The number of hydrogen-bond donors (Lipinski definition) is 1. The van der Waals surface area contributed by atoms with Gasteiger partial charge in [0.25, 0.3) is 0 Å². The first-order valence-corrected chi connectivity index (χ1v) is 5.92. The van der Waals surface area contributed by atoms with Gasteiger partial charge in [0.2, 0.25) is 11.8 Å². The lowest BCUT2D eigenvalue weighted by atomic mass is 10.0. The summed E-state index contributed by atoms with van der Waals surface area (Å²) in [4.78, 5) is 24.0. The Labute approximate surface area is 101 Å². The van der Waals surface area contributed by atoms with E-state index in [-0.39, 0.29) is 30.6 Å². The molecular weight excluding hydrogens is 257 g/mol. The van der Waals surface area contributed by atoms with Crippen LogP contribution in [0.1, 0.15) is 13.8 Å². The van der Waals surface area contributed by atoms with Crippen LogP contribution in [0.5, 0.6) is 0 Å². The summed E-state index contributed by atoms with van der Waals surface area (Å²) in [6.07, 6.45) is 0. The minimum Gasteiger partial charge on any atom is -0.295 e. The van der Waals surface area contributed by atoms with Crippen molar-refractivity contribution in [3.63, 3.8) is 0 Å². The van der Waals surface area contributed by atoms with Crippen LogP contribution in [0, 0.1) is 0 Å². The molecule has 0 radical (unpaired) electrons. The third-order valence-corrected chi connectivity index (χ3v) is 3.06. The number of thioether (sulfide) groups is 1. The van der Waals surface area contributed by atoms with Crippen LogP contribution in [0.2, 0.25) is 0 Å². The van der Waals surface area contributed by atoms with Crippen LogP contribution in [0.15, 0.2) is 0 Å². The van der Waals surface area contributed by atoms with Crippen LogP contribution in [-0.4, -0.2) is 46.6 Å². The Morgan fingerprint density at radius 2 is 2.00 bits per heavy atom. The van der Waals surface area contributed by atoms with Crippen LogP contribution >= 0.6 is 11.8 Å². The molecule has 1 rings (SSSR count). The molecule has 1 fully saturated rings. The molecule has 1 N–H and O–H groups in total. The highest BCUT2D eigenvalue weighted by molar-refractivity contribution is 8.00. The second kappa shape index (κ2) is 4.85. The number of amides is 2. The molecule has 0 aromatic carbocycles. The minimum absolute atomic E-state index is 0.0323. The number of hydrogen-bond acceptors (Lipinski definition) is 4. The molecule has 1 aliphatic heterocycles. The number of imide groups is 1. The first-order valence-electron chi connectivity index (χ1n) is 4.94. The summed E-state index contributed by atoms with van der Waals surface area (Å²) in [5.41, 5.74) is -5.24. The number of nitrogens with one attached hydrogen (secondary N) is 1. The van der Waals surface area contributed by atoms with Gasteiger partial charge in [0.15, 0.2) is 0 Å². The van der Waals surface area contributed by atoms with Crippen LogP contribution in [0.4, 0.5) is 13.2 Å². The molecule has 17 heavy (non-hydrogen) atoms. The average Bonchev–Trinajstić information content (AvgIpc) is 2.17. The van der Waals surface area contributed by atoms with Gasteiger partial charge in [0.1, 0.15) is 0 Å². The van der Waals surface area contributed by atoms with Gasteiger partial charge in [-0.05, 0) is 25.6 Å². The molecule has 0 saturated carbocycles. The van der Waals surface area contributed by atoms with E-state index in [9.17, 15) is 22.8 Å². The summed E-state index contributed by atoms with van der Waals surface area (Å²) in [5, 5.41) is 2.72. The minimum atomic E-state index is -4.34. The number of rotatable bonds is 3. The van der Waals surface area contributed by atoms with Gasteiger partial charge >= 0.3 is 5.51 Å². The smallest absolute Gasteiger partial charge is 0.295 e. The zero-order chi connectivity index (χ0) is 13.3. The van der Waals surface area contributed by atoms with Gasteiger partial charge in [0.05, 0.1) is 12.1 Å². The predicted molar refractivity (Wildman–Crippen MR) is 57.3 cm³/mol. The maximum Gasteiger partial charge on any atom is 0.441 e. The second-order valence-electron chi connectivity index (χ2n) is 4.12. The van der Waals surface area contributed by atoms with Crippen molar-refractivity contribution in [3.8, 4) is 0 Å². The average molecular weight is 270 g/mol. The summed E-state index contributed by atoms with van der Waals surface area (Å²) in [6, 6.07) is 0. The maximum atomic E-state index is 11.9. The summed E-state index contributed by atoms with van der Waals surface area (Å²) in [5.74, 6) is -1.31. The van der Waals surface area contributed by atoms with Gasteiger partial charge in [-0.3, -0.25) is 19.8 Å². The van der Waals surface area contributed by atoms with Gasteiger partial charge in [-0.15, -0.1) is 0 Å². The SMILES string of the molecule is CC1(C)NCC(=O)N(CCSC(F)(F)F)C1=O. The van der Waals surface area contributed by atoms with E-state index in [4.69, 9.17) is 0 Å². The monoisotopic (exact) mass is 270 g/mol. The molecule has 0 atom stereocenters. The molecular formula is C9H13F3N2O2S. The van der Waals surface area contributed by atoms with E-state index in [0.29, 0.717) is 0 Å². The van der Waals surface area contributed by atoms with Crippen LogP contribution in [0.3, 0.4) is 0 Å². The first kappa shape index (κ1) is 14.3. The Morgan fingerprint density at radius 1 is 1.41 bits per heavy atom. The normalized spacial score (nSPS) is 20.9. The molecule has 1 saturated heterocycles. The molecule has 0 bridgehead atoms. The number of alkyl halides is 3. The van der Waals surface area contributed by atoms with Crippen molar-refractivity contribution >= 4 is 23.6 Å². The quantitative estimate of drug-likeness (QED) is 0.777. The first-order chi connectivity index (χ1) is 7.63. The number of halogens is 3. The zero-order valence-corrected chi connectivity index (χ0v) is 10.2. The van der Waals surface area contributed by atoms with Gasteiger partial charge in [-0.1, -0.05) is 0 Å². The summed E-state index contributed by atoms with van der Waals surface area (Å²) < 4.78 is 35.8. The number of carbonyl (C=O) groups excluding carboxylic acids is 2. The Kier molecular flexibility index (Phi) is 4.08. The standard InChI is InChI=1S/C9H13F3N2O2S/c1-8(2)7(16)14(6(15)5-13-8)3-4-17-9(10,11)12/h13H,3-5H2,1-2H3. The third-order valence-electron chi connectivity index (χ3n) is 2.34. The zero-order valence-electron chi connectivity index (χ0n) is 9.43. The lowest BCUT2D eigenvalue weighted by Gasteiger charge is -2.36. The summed E-state index contributed by atoms with van der Waals surface area (Å²) >= 11 is -0.235. The fraction of sp³-hybridized carbons (Fsp3) is 0.778. The lowest BCUT2D eigenvalue weighted by molar-refractivity contribution is -0.152. The van der Waals surface area contributed by atoms with Crippen molar-refractivity contribution in [1.82, 2.24) is 10.2 Å². The van der Waals surface area contributed by atoms with Gasteiger partial charge < -0.3 is 0 Å². The molecule has 4 nitrogen and oxygen atoms in total. The van der Waals surface area contributed by atoms with Crippen molar-refractivity contribution in [1.29, 1.82) is 0 Å². The Hall–Kier alpha value is -0.760. The van der Waals surface area contributed by atoms with Gasteiger partial charge in [-0.2, -0.15) is 13.2 Å². The van der Waals surface area contributed by atoms with E-state index in [1.165, 1.54) is 0 Å². The van der Waals surface area contributed by atoms with Crippen LogP contribution in [0.25, 0.3) is 0 Å². The number of piperazine rings is 1. The predicted octanol–water partition coefficient (Wildman–Crippen LogP) is 0.976. The Morgan fingerprint density at radius 3 is 2.53 bits per heavy atom. The molecule has 98 valence electrons. The molecule has 8 heteroatoms. The van der Waals surface area contributed by atoms with Crippen molar-refractivity contribution < 1.29 is 22.8 Å². The summed E-state index contributed by atoms with van der Waals surface area (Å²) in [6.45, 7) is 2.93. The van der Waals surface area contributed by atoms with E-state index in [0.717, 1.165) is 4.90 Å². The van der Waals surface area contributed by atoms with E-state index in [2.05, 4.69) is 5.32 Å². The van der Waals surface area contributed by atoms with Crippen LogP contribution in [-0.2, 0) is 9.59 Å². The topological polar surface area (TPSA) is 49.4 Å². The molecule has 0 unspecified atom stereocenters. The van der Waals surface area contributed by atoms with E-state index < -0.39 is 22.9 Å². The highest BCUT2D eigenvalue weighted by Crippen LogP contribution is 2.30.